The van der Waals surface area contributed by atoms with E-state index in [1.54, 1.807) is 376 Å². The van der Waals surface area contributed by atoms with Gasteiger partial charge in [-0.3, -0.25) is 0 Å². The molecule has 0 fully saturated rings. The molecule has 0 aromatic rings. The predicted molar refractivity (Wildman–Crippen MR) is 842 cm³/mol. The van der Waals surface area contributed by atoms with Crippen molar-refractivity contribution in [3.63, 3.8) is 0 Å². The van der Waals surface area contributed by atoms with Crippen molar-refractivity contribution in [1.82, 2.24) is 6.14 Å². The van der Waals surface area contributed by atoms with E-state index < -0.39 is 0 Å². The molecule has 0 saturated heterocycles. The average molecular weight is 2520 g/mol. The summed E-state index contributed by atoms with van der Waals surface area (Å²) in [6.45, 7) is 0. The number of hydrogen-bond donors (Lipinski definition) is 1. The van der Waals surface area contributed by atoms with E-state index in [2.05, 4.69) is 6.14 Å². The molecule has 0 spiro atoms. The van der Waals surface area contributed by atoms with Gasteiger partial charge in [0.25, 0.3) is 0 Å². The smallest absolute Gasteiger partial charge is 0.115 e. The largest absolute Gasteiger partial charge is 0.344 e. The van der Waals surface area contributed by atoms with Crippen molar-refractivity contribution in [1.29, 1.82) is 0 Å². The third-order valence-electron chi connectivity index (χ3n) is 0. The maximum absolute atomic E-state index is 5.25. The highest BCUT2D eigenvalue weighted by Gasteiger charge is 1.42. The van der Waals surface area contributed by atoms with Crippen LogP contribution in [0.3, 0.4) is 0 Å². The van der Waals surface area contributed by atoms with Gasteiger partial charge in [-0.2, -0.15) is 376 Å². The molecular formula is C96H323NS32. The standard InChI is InChI=1S/32C2H6S.32CH4.H3N/c32*1-3-2;;;;;;;;;;;;;;;;;;;;;;;;;;;;;;;;;/h32*1-2H3;32*1H4;1H3/i/hD. The van der Waals surface area contributed by atoms with E-state index in [0.29, 0.717) is 0 Å². The van der Waals surface area contributed by atoms with Gasteiger partial charge in [0.1, 0.15) is 1.41 Å². The zero-order valence-corrected chi connectivity index (χ0v) is 104. The molecule has 1 nitrogen and oxygen atoms in total. The van der Waals surface area contributed by atoms with E-state index >= 15 is 0 Å². The molecule has 129 heavy (non-hydrogen) atoms. The lowest BCUT2D eigenvalue weighted by Crippen LogP contribution is -1.25. The summed E-state index contributed by atoms with van der Waals surface area (Å²) in [6.07, 6.45) is 134. The predicted octanol–water partition coefficient (Wildman–Crippen LogP) is 51.9. The first-order valence-corrected chi connectivity index (χ1v) is 78.4. The highest BCUT2D eigenvalue weighted by atomic mass is 32.2. The zero-order chi connectivity index (χ0) is 88.6. The van der Waals surface area contributed by atoms with Crippen LogP contribution in [-0.2, 0) is 0 Å². The van der Waals surface area contributed by atoms with Crippen LogP contribution in [0.1, 0.15) is 238 Å². The molecule has 904 valence electrons. The van der Waals surface area contributed by atoms with Crippen LogP contribution in [0.25, 0.3) is 0 Å². The Kier molecular flexibility index (Phi) is 5170. The highest BCUT2D eigenvalue weighted by molar-refractivity contribution is 8.03. The Morgan fingerprint density at radius 2 is 0.0620 bits per heavy atom. The molecule has 0 aromatic heterocycles. The normalized spacial score (nSPS) is 4.52. The van der Waals surface area contributed by atoms with Gasteiger partial charge in [-0.1, -0.05) is 238 Å². The van der Waals surface area contributed by atoms with Crippen molar-refractivity contribution in [3.05, 3.63) is 0 Å². The molecule has 0 aliphatic heterocycles. The van der Waals surface area contributed by atoms with Gasteiger partial charge in [-0.15, -0.1) is 0 Å². The lowest BCUT2D eigenvalue weighted by atomic mass is 11.9. The Bertz CT molecular complexity index is 281. The number of rotatable bonds is 0. The lowest BCUT2D eigenvalue weighted by Gasteiger charge is -1.51. The number of hydrogen-bond acceptors (Lipinski definition) is 33. The number of thioether (sulfide) groups is 32. The fourth-order valence-corrected chi connectivity index (χ4v) is 0. The Hall–Kier alpha value is 11.2. The summed E-state index contributed by atoms with van der Waals surface area (Å²) < 4.78 is 5.25. The molecule has 0 atom stereocenters. The van der Waals surface area contributed by atoms with E-state index in [-0.39, 0.29) is 238 Å². The van der Waals surface area contributed by atoms with Crippen molar-refractivity contribution in [2.75, 3.05) is 400 Å². The van der Waals surface area contributed by atoms with Gasteiger partial charge in [0, 0.05) is 0 Å². The Labute approximate surface area is 1010 Å². The second kappa shape index (κ2) is 1430. The Balaban J connectivity index is -0.00000000528. The molecule has 0 radical (unpaired) electrons. The van der Waals surface area contributed by atoms with Crippen LogP contribution < -0.4 is 6.14 Å². The van der Waals surface area contributed by atoms with Gasteiger partial charge >= 0.3 is 0 Å². The Morgan fingerprint density at radius 1 is 0.0620 bits per heavy atom. The van der Waals surface area contributed by atoms with Crippen LogP contribution in [0, 0.1) is 0 Å². The van der Waals surface area contributed by atoms with Crippen LogP contribution in [-0.4, -0.2) is 400 Å². The molecule has 3 N–H and O–H groups in total. The maximum atomic E-state index is 5.25. The lowest BCUT2D eigenvalue weighted by molar-refractivity contribution is 2.13. The summed E-state index contributed by atoms with van der Waals surface area (Å²) in [5.74, 6) is 0. The summed E-state index contributed by atoms with van der Waals surface area (Å²) in [6, 6.07) is 0. The van der Waals surface area contributed by atoms with Crippen LogP contribution in [0.2, 0.25) is 1.41 Å². The minimum Gasteiger partial charge on any atom is -0.344 e. The third kappa shape index (κ3) is 21000. The summed E-state index contributed by atoms with van der Waals surface area (Å²) >= 11 is 56.0. The molecule has 0 bridgehead atoms. The first-order chi connectivity index (χ1) is 46.3. The van der Waals surface area contributed by atoms with Crippen molar-refractivity contribution in [2.24, 2.45) is 0 Å². The average Bonchev–Trinajstić information content (AvgIpc) is 3.49. The second-order valence-corrected chi connectivity index (χ2v) is 39.2. The fourth-order valence-electron chi connectivity index (χ4n) is 0. The van der Waals surface area contributed by atoms with E-state index in [4.69, 9.17) is 1.41 Å². The molecule has 0 aromatic carbocycles. The van der Waals surface area contributed by atoms with E-state index in [1.807, 2.05) is 400 Å². The first kappa shape index (κ1) is 468. The van der Waals surface area contributed by atoms with E-state index in [9.17, 15) is 0 Å². The molecule has 0 heterocycles. The van der Waals surface area contributed by atoms with Gasteiger partial charge in [0.05, 0.1) is 0 Å². The molecular weight excluding hydrogens is 2190 g/mol. The molecule has 0 aliphatic rings. The zero-order valence-electron chi connectivity index (χ0n) is 78.6. The first-order valence-electron chi connectivity index (χ1n) is 26.7. The topological polar surface area (TPSA) is 35.0 Å². The SMILES string of the molecule is C.C.C.C.C.C.C.C.C.C.C.C.C.C.C.C.C.C.C.C.C.C.C.C.C.C.C.C.C.C.C.C.CSC.CSC.CSC.CSC.CSC.CSC.CSC.CSC.CSC.CSC.CSC.CSC.CSC.CSC.CSC.CSC.CSC.CSC.CSC.CSC.CSC.CSC.CSC.CSC.CSC.CSC.CSC.CSC.CSC.CSC.CSC.CSC.[2H]N. The van der Waals surface area contributed by atoms with Crippen molar-refractivity contribution >= 4 is 376 Å². The van der Waals surface area contributed by atoms with Crippen molar-refractivity contribution in [3.8, 4) is 0 Å². The minimum atomic E-state index is 0. The molecule has 0 unspecified atom stereocenters. The third-order valence-corrected chi connectivity index (χ3v) is 0. The van der Waals surface area contributed by atoms with Gasteiger partial charge in [-0.25, -0.2) is 0 Å². The molecule has 0 aliphatic carbocycles. The Morgan fingerprint density at radius 3 is 0.0620 bits per heavy atom. The summed E-state index contributed by atoms with van der Waals surface area (Å²) in [5.41, 5.74) is 0. The second-order valence-electron chi connectivity index (χ2n) is 13.1. The summed E-state index contributed by atoms with van der Waals surface area (Å²) in [5, 5.41) is 0. The van der Waals surface area contributed by atoms with Crippen LogP contribution in [0.15, 0.2) is 0 Å². The van der Waals surface area contributed by atoms with E-state index in [1.165, 1.54) is 0 Å². The van der Waals surface area contributed by atoms with Gasteiger partial charge in [-0.05, 0) is 400 Å². The van der Waals surface area contributed by atoms with Crippen LogP contribution >= 0.6 is 376 Å². The quantitative estimate of drug-likeness (QED) is 0.250. The van der Waals surface area contributed by atoms with Crippen LogP contribution in [0.4, 0.5) is 0 Å². The fraction of sp³-hybridized carbons (Fsp3) is 1.00. The monoisotopic (exact) mass is 2520 g/mol. The molecule has 0 rings (SSSR count). The molecule has 0 amide bonds. The van der Waals surface area contributed by atoms with Crippen molar-refractivity contribution in [2.45, 2.75) is 238 Å². The minimum absolute atomic E-state index is 0. The van der Waals surface area contributed by atoms with Crippen molar-refractivity contribution < 1.29 is 1.41 Å². The maximum Gasteiger partial charge on any atom is 0.115 e. The van der Waals surface area contributed by atoms with E-state index in [0.717, 1.165) is 0 Å². The van der Waals surface area contributed by atoms with Gasteiger partial charge in [0.15, 0.2) is 0 Å². The molecule has 33 heteroatoms. The highest BCUT2D eigenvalue weighted by Crippen LogP contribution is 1.79. The van der Waals surface area contributed by atoms with Crippen LogP contribution in [0.5, 0.6) is 0 Å². The molecule has 0 saturated carbocycles. The summed E-state index contributed by atoms with van der Waals surface area (Å²) in [7, 11) is 0. The summed E-state index contributed by atoms with van der Waals surface area (Å²) in [4.78, 5) is 0. The van der Waals surface area contributed by atoms with Gasteiger partial charge < -0.3 is 6.14 Å². The van der Waals surface area contributed by atoms with Gasteiger partial charge in [0.2, 0.25) is 0 Å².